The number of rotatable bonds is 11. The van der Waals surface area contributed by atoms with Crippen molar-refractivity contribution in [1.82, 2.24) is 18.8 Å². The Hall–Kier alpha value is -2.78. The van der Waals surface area contributed by atoms with E-state index in [0.29, 0.717) is 25.0 Å². The largest absolute Gasteiger partial charge is 0.338 e. The fourth-order valence-electron chi connectivity index (χ4n) is 3.86. The summed E-state index contributed by atoms with van der Waals surface area (Å²) in [5, 5.41) is 0. The van der Waals surface area contributed by atoms with Crippen molar-refractivity contribution in [2.45, 2.75) is 50.5 Å². The van der Waals surface area contributed by atoms with Crippen LogP contribution in [0, 0.1) is 5.82 Å². The van der Waals surface area contributed by atoms with Gasteiger partial charge in [-0.15, -0.1) is 0 Å². The third-order valence-corrected chi connectivity index (χ3v) is 7.77. The number of nitrogens with zero attached hydrogens (tertiary/aromatic N) is 4. The zero-order valence-corrected chi connectivity index (χ0v) is 21.1. The molecule has 34 heavy (non-hydrogen) atoms. The topological polar surface area (TPSA) is 75.5 Å². The molecule has 0 saturated carbocycles. The van der Waals surface area contributed by atoms with Crippen molar-refractivity contribution < 1.29 is 17.6 Å². The van der Waals surface area contributed by atoms with E-state index < -0.39 is 10.0 Å². The maximum absolute atomic E-state index is 13.3. The zero-order valence-electron chi connectivity index (χ0n) is 20.3. The highest BCUT2D eigenvalue weighted by Crippen LogP contribution is 2.22. The van der Waals surface area contributed by atoms with Gasteiger partial charge in [0.25, 0.3) is 0 Å². The molecule has 0 bridgehead atoms. The molecule has 3 rings (SSSR count). The van der Waals surface area contributed by atoms with Crippen LogP contribution in [0.2, 0.25) is 0 Å². The van der Waals surface area contributed by atoms with E-state index in [1.807, 2.05) is 16.5 Å². The molecule has 0 unspecified atom stereocenters. The number of halogens is 1. The second-order valence-corrected chi connectivity index (χ2v) is 10.8. The molecular formula is C25H33FN4O3S. The van der Waals surface area contributed by atoms with Gasteiger partial charge in [0.05, 0.1) is 15.9 Å². The average Bonchev–Trinajstić information content (AvgIpc) is 3.13. The summed E-state index contributed by atoms with van der Waals surface area (Å²) in [5.74, 6) is 0.442. The number of fused-ring (bicyclic) bond motifs is 1. The minimum Gasteiger partial charge on any atom is -0.338 e. The van der Waals surface area contributed by atoms with Gasteiger partial charge in [-0.25, -0.2) is 22.1 Å². The summed E-state index contributed by atoms with van der Waals surface area (Å²) < 4.78 is 41.2. The summed E-state index contributed by atoms with van der Waals surface area (Å²) >= 11 is 0. The van der Waals surface area contributed by atoms with E-state index in [1.165, 1.54) is 30.5 Å². The fourth-order valence-corrected chi connectivity index (χ4v) is 4.78. The Balaban J connectivity index is 1.75. The van der Waals surface area contributed by atoms with Gasteiger partial charge in [0.1, 0.15) is 11.6 Å². The maximum Gasteiger partial charge on any atom is 0.242 e. The number of carbonyl (C=O) groups is 1. The molecule has 0 fully saturated rings. The molecule has 0 radical (unpaired) electrons. The number of benzene rings is 2. The SMILES string of the molecule is CCCCCN(Cc1ccc(F)cc1)C(=O)CCc1nc2cc(S(=O)(=O)N(C)C)ccc2n1C. The second-order valence-electron chi connectivity index (χ2n) is 8.67. The summed E-state index contributed by atoms with van der Waals surface area (Å²) in [6, 6.07) is 11.1. The summed E-state index contributed by atoms with van der Waals surface area (Å²) in [4.78, 5) is 19.7. The monoisotopic (exact) mass is 488 g/mol. The lowest BCUT2D eigenvalue weighted by molar-refractivity contribution is -0.131. The number of hydrogen-bond acceptors (Lipinski definition) is 4. The molecule has 9 heteroatoms. The van der Waals surface area contributed by atoms with Crippen LogP contribution in [0.25, 0.3) is 11.0 Å². The molecule has 184 valence electrons. The van der Waals surface area contributed by atoms with E-state index in [9.17, 15) is 17.6 Å². The van der Waals surface area contributed by atoms with Crippen LogP contribution in [0.15, 0.2) is 47.4 Å². The number of aryl methyl sites for hydroxylation is 2. The molecule has 0 atom stereocenters. The standard InChI is InChI=1S/C25H33FN4O3S/c1-5-6-7-16-30(18-19-8-10-20(26)11-9-19)25(31)15-14-24-27-22-17-21(34(32,33)28(2)3)12-13-23(22)29(24)4/h8-13,17H,5-7,14-16,18H2,1-4H3. The first kappa shape index (κ1) is 25.8. The van der Waals surface area contributed by atoms with Crippen LogP contribution in [0.1, 0.15) is 44.0 Å². The molecule has 1 amide bonds. The lowest BCUT2D eigenvalue weighted by atomic mass is 10.1. The molecule has 1 heterocycles. The zero-order chi connectivity index (χ0) is 24.9. The van der Waals surface area contributed by atoms with Gasteiger partial charge in [-0.2, -0.15) is 0 Å². The molecule has 2 aromatic carbocycles. The van der Waals surface area contributed by atoms with E-state index in [-0.39, 0.29) is 23.0 Å². The van der Waals surface area contributed by atoms with Crippen molar-refractivity contribution in [2.24, 2.45) is 7.05 Å². The van der Waals surface area contributed by atoms with E-state index in [0.717, 1.165) is 36.2 Å². The van der Waals surface area contributed by atoms with Gasteiger partial charge in [-0.05, 0) is 42.3 Å². The Labute approximate surface area is 201 Å². The van der Waals surface area contributed by atoms with Crippen molar-refractivity contribution in [3.05, 3.63) is 59.7 Å². The number of carbonyl (C=O) groups excluding carboxylic acids is 1. The van der Waals surface area contributed by atoms with Crippen LogP contribution >= 0.6 is 0 Å². The minimum atomic E-state index is -3.55. The summed E-state index contributed by atoms with van der Waals surface area (Å²) in [6.07, 6.45) is 3.74. The third kappa shape index (κ3) is 6.01. The normalized spacial score (nSPS) is 11.9. The van der Waals surface area contributed by atoms with Gasteiger partial charge < -0.3 is 9.47 Å². The van der Waals surface area contributed by atoms with Crippen LogP contribution < -0.4 is 0 Å². The number of imidazole rings is 1. The molecular weight excluding hydrogens is 455 g/mol. The van der Waals surface area contributed by atoms with Crippen molar-refractivity contribution >= 4 is 27.0 Å². The van der Waals surface area contributed by atoms with Crippen molar-refractivity contribution in [2.75, 3.05) is 20.6 Å². The fraction of sp³-hybridized carbons (Fsp3) is 0.440. The van der Waals surface area contributed by atoms with Gasteiger partial charge in [-0.3, -0.25) is 4.79 Å². The predicted molar refractivity (Wildman–Crippen MR) is 131 cm³/mol. The molecule has 3 aromatic rings. The molecule has 0 N–H and O–H groups in total. The van der Waals surface area contributed by atoms with E-state index in [1.54, 1.807) is 30.3 Å². The number of unbranched alkanes of at least 4 members (excludes halogenated alkanes) is 2. The second kappa shape index (κ2) is 11.1. The molecule has 1 aromatic heterocycles. The van der Waals surface area contributed by atoms with Crippen LogP contribution in [0.5, 0.6) is 0 Å². The first-order chi connectivity index (χ1) is 16.1. The van der Waals surface area contributed by atoms with Gasteiger partial charge in [-0.1, -0.05) is 31.9 Å². The molecule has 0 aliphatic rings. The van der Waals surface area contributed by atoms with Gasteiger partial charge in [0.2, 0.25) is 15.9 Å². The molecule has 0 spiro atoms. The van der Waals surface area contributed by atoms with E-state index in [4.69, 9.17) is 0 Å². The smallest absolute Gasteiger partial charge is 0.242 e. The highest BCUT2D eigenvalue weighted by molar-refractivity contribution is 7.89. The van der Waals surface area contributed by atoms with E-state index in [2.05, 4.69) is 11.9 Å². The molecule has 7 nitrogen and oxygen atoms in total. The number of aromatic nitrogens is 2. The van der Waals surface area contributed by atoms with Crippen molar-refractivity contribution in [3.8, 4) is 0 Å². The lowest BCUT2D eigenvalue weighted by Gasteiger charge is -2.23. The highest BCUT2D eigenvalue weighted by Gasteiger charge is 2.20. The molecule has 0 aliphatic heterocycles. The van der Waals surface area contributed by atoms with Crippen LogP contribution in [-0.2, 0) is 34.8 Å². The Morgan fingerprint density at radius 2 is 1.79 bits per heavy atom. The minimum absolute atomic E-state index is 0.0170. The van der Waals surface area contributed by atoms with Crippen LogP contribution in [-0.4, -0.2) is 53.7 Å². The quantitative estimate of drug-likeness (QED) is 0.381. The number of amides is 1. The van der Waals surface area contributed by atoms with Crippen molar-refractivity contribution in [1.29, 1.82) is 0 Å². The first-order valence-corrected chi connectivity index (χ1v) is 13.0. The Kier molecular flexibility index (Phi) is 8.43. The van der Waals surface area contributed by atoms with E-state index >= 15 is 0 Å². The molecule has 0 saturated heterocycles. The Morgan fingerprint density at radius 3 is 2.44 bits per heavy atom. The highest BCUT2D eigenvalue weighted by atomic mass is 32.2. The lowest BCUT2D eigenvalue weighted by Crippen LogP contribution is -2.32. The predicted octanol–water partition coefficient (Wildman–Crippen LogP) is 4.11. The Bertz CT molecular complexity index is 1240. The first-order valence-electron chi connectivity index (χ1n) is 11.5. The van der Waals surface area contributed by atoms with Gasteiger partial charge in [0.15, 0.2) is 0 Å². The summed E-state index contributed by atoms with van der Waals surface area (Å²) in [7, 11) is 1.30. The third-order valence-electron chi connectivity index (χ3n) is 5.96. The summed E-state index contributed by atoms with van der Waals surface area (Å²) in [5.41, 5.74) is 2.29. The number of sulfonamides is 1. The van der Waals surface area contributed by atoms with Crippen LogP contribution in [0.4, 0.5) is 4.39 Å². The van der Waals surface area contributed by atoms with Crippen LogP contribution in [0.3, 0.4) is 0 Å². The Morgan fingerprint density at radius 1 is 1.09 bits per heavy atom. The van der Waals surface area contributed by atoms with Gasteiger partial charge in [0, 0.05) is 47.1 Å². The number of hydrogen-bond donors (Lipinski definition) is 0. The average molecular weight is 489 g/mol. The molecule has 0 aliphatic carbocycles. The maximum atomic E-state index is 13.3. The summed E-state index contributed by atoms with van der Waals surface area (Å²) in [6.45, 7) is 3.21. The van der Waals surface area contributed by atoms with Crippen molar-refractivity contribution in [3.63, 3.8) is 0 Å². The van der Waals surface area contributed by atoms with Gasteiger partial charge >= 0.3 is 0 Å².